The summed E-state index contributed by atoms with van der Waals surface area (Å²) in [5.74, 6) is 0.289. The van der Waals surface area contributed by atoms with E-state index >= 15 is 0 Å². The molecule has 2 N–H and O–H groups in total. The topological polar surface area (TPSA) is 40.5 Å². The zero-order valence-corrected chi connectivity index (χ0v) is 15.3. The predicted octanol–water partition coefficient (Wildman–Crippen LogP) is 6.86. The van der Waals surface area contributed by atoms with Crippen molar-refractivity contribution in [1.29, 1.82) is 0 Å². The number of hydrogen-bond donors (Lipinski definition) is 2. The van der Waals surface area contributed by atoms with Crippen molar-refractivity contribution >= 4 is 33.2 Å². The summed E-state index contributed by atoms with van der Waals surface area (Å²) in [6.07, 6.45) is 0. The molecule has 0 aliphatic carbocycles. The van der Waals surface area contributed by atoms with Gasteiger partial charge in [-0.1, -0.05) is 87.3 Å². The Morgan fingerprint density at radius 2 is 1.36 bits per heavy atom. The molecule has 0 atom stereocenters. The molecule has 0 radical (unpaired) electrons. The van der Waals surface area contributed by atoms with Gasteiger partial charge in [0, 0.05) is 20.8 Å². The second kappa shape index (κ2) is 8.45. The van der Waals surface area contributed by atoms with E-state index in [1.165, 1.54) is 11.8 Å². The molecule has 0 saturated heterocycles. The first kappa shape index (κ1) is 18.7. The molecule has 0 fully saturated rings. The highest BCUT2D eigenvalue weighted by Crippen LogP contribution is 2.40. The van der Waals surface area contributed by atoms with Gasteiger partial charge in [0.25, 0.3) is 0 Å². The summed E-state index contributed by atoms with van der Waals surface area (Å²) >= 11 is 1.51. The van der Waals surface area contributed by atoms with Crippen molar-refractivity contribution in [1.82, 2.24) is 0 Å². The van der Waals surface area contributed by atoms with Crippen LogP contribution >= 0.6 is 11.8 Å². The van der Waals surface area contributed by atoms with Gasteiger partial charge in [-0.15, -0.1) is 0 Å². The van der Waals surface area contributed by atoms with E-state index in [-0.39, 0.29) is 11.5 Å². The molecule has 2 nitrogen and oxygen atoms in total. The molecule has 25 heavy (non-hydrogen) atoms. The van der Waals surface area contributed by atoms with Crippen LogP contribution in [0.15, 0.2) is 78.7 Å². The van der Waals surface area contributed by atoms with E-state index in [2.05, 4.69) is 13.2 Å². The summed E-state index contributed by atoms with van der Waals surface area (Å²) in [7, 11) is 0. The standard InChI is InChI=1S/C20H16O2S.C2H6/c1-13(21)15-7-3-4-8-16(15)14(2)23-20-12-11-19(22)17-9-5-6-10-18(17)20;1-2/h3-12,21-22H,1-2H2;1-2H3. The Kier molecular flexibility index (Phi) is 6.31. The van der Waals surface area contributed by atoms with Crippen molar-refractivity contribution in [2.45, 2.75) is 18.7 Å². The number of aliphatic hydroxyl groups is 1. The lowest BCUT2D eigenvalue weighted by Crippen LogP contribution is -1.89. The number of benzene rings is 3. The van der Waals surface area contributed by atoms with Gasteiger partial charge in [-0.3, -0.25) is 0 Å². The van der Waals surface area contributed by atoms with Crippen LogP contribution in [0.1, 0.15) is 25.0 Å². The fourth-order valence-corrected chi connectivity index (χ4v) is 3.49. The SMILES string of the molecule is C=C(O)c1ccccc1C(=C)Sc1ccc(O)c2ccccc12.CC. The van der Waals surface area contributed by atoms with Crippen LogP contribution in [0.2, 0.25) is 0 Å². The van der Waals surface area contributed by atoms with Gasteiger partial charge in [0.2, 0.25) is 0 Å². The third kappa shape index (κ3) is 4.06. The third-order valence-corrected chi connectivity index (χ3v) is 4.67. The van der Waals surface area contributed by atoms with Crippen LogP contribution in [-0.2, 0) is 0 Å². The summed E-state index contributed by atoms with van der Waals surface area (Å²) in [5, 5.41) is 21.5. The molecule has 128 valence electrons. The Morgan fingerprint density at radius 3 is 2.00 bits per heavy atom. The van der Waals surface area contributed by atoms with E-state index in [1.807, 2.05) is 68.4 Å². The maximum atomic E-state index is 9.99. The Labute approximate surface area is 153 Å². The van der Waals surface area contributed by atoms with Crippen molar-refractivity contribution in [3.05, 3.63) is 84.9 Å². The van der Waals surface area contributed by atoms with Crippen LogP contribution in [0.4, 0.5) is 0 Å². The fraction of sp³-hybridized carbons (Fsp3) is 0.0909. The Hall–Kier alpha value is -2.65. The van der Waals surface area contributed by atoms with E-state index in [0.29, 0.717) is 5.56 Å². The van der Waals surface area contributed by atoms with Gasteiger partial charge in [-0.05, 0) is 23.1 Å². The lowest BCUT2D eigenvalue weighted by atomic mass is 10.1. The summed E-state index contributed by atoms with van der Waals surface area (Å²) in [5.41, 5.74) is 1.52. The first-order valence-electron chi connectivity index (χ1n) is 8.13. The molecule has 0 saturated carbocycles. The summed E-state index contributed by atoms with van der Waals surface area (Å²) in [4.78, 5) is 1.81. The van der Waals surface area contributed by atoms with Gasteiger partial charge in [-0.2, -0.15) is 0 Å². The molecule has 0 aliphatic rings. The van der Waals surface area contributed by atoms with Gasteiger partial charge >= 0.3 is 0 Å². The first-order chi connectivity index (χ1) is 12.1. The number of phenols is 1. The van der Waals surface area contributed by atoms with E-state index < -0.39 is 0 Å². The molecule has 3 aromatic carbocycles. The fourth-order valence-electron chi connectivity index (χ4n) is 2.51. The van der Waals surface area contributed by atoms with Gasteiger partial charge in [0.05, 0.1) is 0 Å². The van der Waals surface area contributed by atoms with Crippen molar-refractivity contribution < 1.29 is 10.2 Å². The van der Waals surface area contributed by atoms with Gasteiger partial charge in [0.15, 0.2) is 0 Å². The third-order valence-electron chi connectivity index (χ3n) is 3.63. The van der Waals surface area contributed by atoms with Crippen molar-refractivity contribution in [2.75, 3.05) is 0 Å². The average Bonchev–Trinajstić information content (AvgIpc) is 2.66. The van der Waals surface area contributed by atoms with Crippen LogP contribution in [0, 0.1) is 0 Å². The van der Waals surface area contributed by atoms with Crippen LogP contribution in [0.25, 0.3) is 21.4 Å². The first-order valence-corrected chi connectivity index (χ1v) is 8.94. The summed E-state index contributed by atoms with van der Waals surface area (Å²) in [6.45, 7) is 11.7. The van der Waals surface area contributed by atoms with Crippen LogP contribution in [0.3, 0.4) is 0 Å². The molecule has 0 aromatic heterocycles. The van der Waals surface area contributed by atoms with Gasteiger partial charge in [-0.25, -0.2) is 0 Å². The monoisotopic (exact) mass is 350 g/mol. The van der Waals surface area contributed by atoms with Crippen LogP contribution in [-0.4, -0.2) is 10.2 Å². The van der Waals surface area contributed by atoms with Crippen molar-refractivity contribution in [3.63, 3.8) is 0 Å². The smallest absolute Gasteiger partial charge is 0.123 e. The molecule has 0 amide bonds. The predicted molar refractivity (Wildman–Crippen MR) is 110 cm³/mol. The summed E-state index contributed by atoms with van der Waals surface area (Å²) < 4.78 is 0. The molecule has 3 heteroatoms. The number of thioether (sulfide) groups is 1. The number of phenolic OH excluding ortho intramolecular Hbond substituents is 1. The Morgan fingerprint density at radius 1 is 0.800 bits per heavy atom. The molecule has 3 aromatic rings. The van der Waals surface area contributed by atoms with Gasteiger partial charge < -0.3 is 10.2 Å². The maximum absolute atomic E-state index is 9.99. The highest BCUT2D eigenvalue weighted by molar-refractivity contribution is 8.08. The number of aliphatic hydroxyl groups excluding tert-OH is 1. The van der Waals surface area contributed by atoms with Crippen molar-refractivity contribution in [3.8, 4) is 5.75 Å². The van der Waals surface area contributed by atoms with E-state index in [9.17, 15) is 10.2 Å². The number of hydrogen-bond acceptors (Lipinski definition) is 3. The molecular weight excluding hydrogens is 328 g/mol. The average molecular weight is 350 g/mol. The minimum atomic E-state index is 0.0258. The highest BCUT2D eigenvalue weighted by Gasteiger charge is 2.11. The van der Waals surface area contributed by atoms with E-state index in [0.717, 1.165) is 26.1 Å². The van der Waals surface area contributed by atoms with Crippen LogP contribution in [0.5, 0.6) is 5.75 Å². The van der Waals surface area contributed by atoms with E-state index in [1.54, 1.807) is 6.07 Å². The zero-order chi connectivity index (χ0) is 18.4. The lowest BCUT2D eigenvalue weighted by molar-refractivity contribution is 0.481. The van der Waals surface area contributed by atoms with Crippen LogP contribution < -0.4 is 0 Å². The lowest BCUT2D eigenvalue weighted by Gasteiger charge is -2.12. The second-order valence-electron chi connectivity index (χ2n) is 5.15. The van der Waals surface area contributed by atoms with Gasteiger partial charge in [0.1, 0.15) is 11.5 Å². The molecule has 3 rings (SSSR count). The molecule has 0 spiro atoms. The number of fused-ring (bicyclic) bond motifs is 1. The molecular formula is C22H22O2S. The van der Waals surface area contributed by atoms with E-state index in [4.69, 9.17) is 0 Å². The Balaban J connectivity index is 0.00000109. The largest absolute Gasteiger partial charge is 0.508 e. The Bertz CT molecular complexity index is 913. The maximum Gasteiger partial charge on any atom is 0.123 e. The molecule has 0 aliphatic heterocycles. The second-order valence-corrected chi connectivity index (χ2v) is 6.28. The summed E-state index contributed by atoms with van der Waals surface area (Å²) in [6, 6.07) is 18.8. The normalized spacial score (nSPS) is 10.0. The minimum absolute atomic E-state index is 0.0258. The molecule has 0 unspecified atom stereocenters. The quantitative estimate of drug-likeness (QED) is 0.399. The highest BCUT2D eigenvalue weighted by atomic mass is 32.2. The van der Waals surface area contributed by atoms with Crippen molar-refractivity contribution in [2.24, 2.45) is 0 Å². The zero-order valence-electron chi connectivity index (χ0n) is 14.5. The minimum Gasteiger partial charge on any atom is -0.508 e. The number of aromatic hydroxyl groups is 1. The molecule has 0 bridgehead atoms. The molecule has 0 heterocycles. The number of rotatable bonds is 4.